The smallest absolute Gasteiger partial charge is 0.318 e. The fourth-order valence-electron chi connectivity index (χ4n) is 1.73. The molecular formula is C9H10N2O4S. The third kappa shape index (κ3) is 1.58. The van der Waals surface area contributed by atoms with Crippen LogP contribution in [0, 0.1) is 0 Å². The summed E-state index contributed by atoms with van der Waals surface area (Å²) < 4.78 is 31.2. The van der Waals surface area contributed by atoms with Gasteiger partial charge in [-0.25, -0.2) is 4.31 Å². The van der Waals surface area contributed by atoms with Crippen molar-refractivity contribution in [2.24, 2.45) is 5.73 Å². The molecule has 86 valence electrons. The highest BCUT2D eigenvalue weighted by atomic mass is 32.2. The highest BCUT2D eigenvalue weighted by Crippen LogP contribution is 2.35. The van der Waals surface area contributed by atoms with E-state index in [2.05, 4.69) is 0 Å². The molecule has 1 aliphatic heterocycles. The maximum atomic E-state index is 11.3. The Kier molecular flexibility index (Phi) is 2.45. The Morgan fingerprint density at radius 3 is 2.31 bits per heavy atom. The number of benzene rings is 1. The van der Waals surface area contributed by atoms with Crippen LogP contribution in [0.15, 0.2) is 30.3 Å². The first-order valence-electron chi connectivity index (χ1n) is 4.54. The summed E-state index contributed by atoms with van der Waals surface area (Å²) in [4.78, 5) is 11.3. The van der Waals surface area contributed by atoms with Crippen LogP contribution in [-0.4, -0.2) is 29.2 Å². The van der Waals surface area contributed by atoms with E-state index in [1.807, 2.05) is 0 Å². The highest BCUT2D eigenvalue weighted by molar-refractivity contribution is 7.84. The number of carbonyl (C=O) groups is 1. The lowest BCUT2D eigenvalue weighted by atomic mass is 9.92. The Hall–Kier alpha value is -1.44. The molecular weight excluding hydrogens is 232 g/mol. The number of nitrogens with two attached hydrogens (primary N) is 1. The molecule has 0 unspecified atom stereocenters. The van der Waals surface area contributed by atoms with Gasteiger partial charge in [-0.2, -0.15) is 8.42 Å². The Bertz CT molecular complexity index is 514. The van der Waals surface area contributed by atoms with Crippen molar-refractivity contribution in [3.05, 3.63) is 35.9 Å². The van der Waals surface area contributed by atoms with Gasteiger partial charge in [0, 0.05) is 0 Å². The maximum absolute atomic E-state index is 11.3. The minimum atomic E-state index is -4.54. The summed E-state index contributed by atoms with van der Waals surface area (Å²) in [5, 5.41) is 0. The lowest BCUT2D eigenvalue weighted by Crippen LogP contribution is -2.64. The zero-order valence-corrected chi connectivity index (χ0v) is 8.96. The molecule has 0 radical (unpaired) electrons. The zero-order valence-electron chi connectivity index (χ0n) is 8.15. The predicted octanol–water partition coefficient (Wildman–Crippen LogP) is -0.300. The van der Waals surface area contributed by atoms with Crippen molar-refractivity contribution in [2.45, 2.75) is 12.1 Å². The maximum Gasteiger partial charge on any atom is 0.362 e. The second-order valence-electron chi connectivity index (χ2n) is 3.49. The average Bonchev–Trinajstić information content (AvgIpc) is 2.23. The number of hydrogen-bond acceptors (Lipinski definition) is 4. The van der Waals surface area contributed by atoms with Gasteiger partial charge in [-0.1, -0.05) is 30.3 Å². The Morgan fingerprint density at radius 2 is 1.81 bits per heavy atom. The summed E-state index contributed by atoms with van der Waals surface area (Å²) in [6.07, 6.45) is 0. The molecule has 0 bridgehead atoms. The first-order valence-corrected chi connectivity index (χ1v) is 5.94. The molecule has 3 N–H and O–H groups in total. The normalized spacial score (nSPS) is 25.4. The summed E-state index contributed by atoms with van der Waals surface area (Å²) >= 11 is 0. The van der Waals surface area contributed by atoms with Crippen LogP contribution in [0.25, 0.3) is 0 Å². The number of nitrogens with zero attached hydrogens (tertiary/aromatic N) is 1. The molecule has 1 aromatic carbocycles. The summed E-state index contributed by atoms with van der Waals surface area (Å²) in [5.41, 5.74) is 6.09. The van der Waals surface area contributed by atoms with Gasteiger partial charge in [-0.15, -0.1) is 0 Å². The molecule has 1 fully saturated rings. The van der Waals surface area contributed by atoms with E-state index in [1.165, 1.54) is 0 Å². The number of amides is 1. The van der Waals surface area contributed by atoms with E-state index in [1.54, 1.807) is 30.3 Å². The quantitative estimate of drug-likeness (QED) is 0.547. The van der Waals surface area contributed by atoms with Crippen molar-refractivity contribution in [2.75, 3.05) is 0 Å². The molecule has 0 saturated carbocycles. The van der Waals surface area contributed by atoms with Crippen molar-refractivity contribution >= 4 is 16.2 Å². The lowest BCUT2D eigenvalue weighted by Gasteiger charge is -2.42. The van der Waals surface area contributed by atoms with Gasteiger partial charge in [0.25, 0.3) is 5.91 Å². The van der Waals surface area contributed by atoms with Crippen LogP contribution in [0.5, 0.6) is 0 Å². The van der Waals surface area contributed by atoms with E-state index < -0.39 is 28.3 Å². The van der Waals surface area contributed by atoms with Crippen molar-refractivity contribution in [1.29, 1.82) is 0 Å². The van der Waals surface area contributed by atoms with Gasteiger partial charge in [0.15, 0.2) is 0 Å². The predicted molar refractivity (Wildman–Crippen MR) is 55.6 cm³/mol. The molecule has 0 aromatic heterocycles. The van der Waals surface area contributed by atoms with E-state index in [0.29, 0.717) is 9.87 Å². The SMILES string of the molecule is N[C@@H]1C(=O)N(S(=O)(=O)O)[C@H]1c1ccccc1. The topological polar surface area (TPSA) is 101 Å². The molecule has 6 nitrogen and oxygen atoms in total. The molecule has 1 aliphatic rings. The van der Waals surface area contributed by atoms with Crippen molar-refractivity contribution in [3.63, 3.8) is 0 Å². The Balaban J connectivity index is 2.39. The van der Waals surface area contributed by atoms with E-state index >= 15 is 0 Å². The molecule has 16 heavy (non-hydrogen) atoms. The fraction of sp³-hybridized carbons (Fsp3) is 0.222. The first kappa shape index (κ1) is 11.1. The van der Waals surface area contributed by atoms with Gasteiger partial charge in [-0.05, 0) is 5.56 Å². The molecule has 0 spiro atoms. The summed E-state index contributed by atoms with van der Waals surface area (Å²) in [6.45, 7) is 0. The number of rotatable bonds is 2. The van der Waals surface area contributed by atoms with E-state index in [0.717, 1.165) is 0 Å². The zero-order chi connectivity index (χ0) is 11.9. The standard InChI is InChI=1S/C9H10N2O4S/c10-7-8(6-4-2-1-3-5-6)11(9(7)12)16(13,14)15/h1-5,7-8H,10H2,(H,13,14,15)/t7-,8-/m0/s1. The van der Waals surface area contributed by atoms with Crippen molar-refractivity contribution in [3.8, 4) is 0 Å². The fourth-order valence-corrected chi connectivity index (χ4v) is 2.62. The minimum absolute atomic E-state index is 0.396. The molecule has 0 aliphatic carbocycles. The molecule has 1 aromatic rings. The number of β-lactam (4-membered cyclic amide) rings is 1. The molecule has 1 heterocycles. The number of carbonyl (C=O) groups excluding carboxylic acids is 1. The van der Waals surface area contributed by atoms with E-state index in [4.69, 9.17) is 10.3 Å². The second kappa shape index (κ2) is 3.55. The minimum Gasteiger partial charge on any atom is -0.318 e. The summed E-state index contributed by atoms with van der Waals surface area (Å²) in [5.74, 6) is -0.795. The molecule has 7 heteroatoms. The third-order valence-corrected chi connectivity index (χ3v) is 3.39. The molecule has 1 amide bonds. The molecule has 2 atom stereocenters. The van der Waals surface area contributed by atoms with Crippen LogP contribution in [-0.2, 0) is 15.1 Å². The highest BCUT2D eigenvalue weighted by Gasteiger charge is 2.51. The van der Waals surface area contributed by atoms with Crippen LogP contribution in [0.2, 0.25) is 0 Å². The van der Waals surface area contributed by atoms with Crippen LogP contribution in [0.4, 0.5) is 0 Å². The molecule has 2 rings (SSSR count). The van der Waals surface area contributed by atoms with Gasteiger partial charge in [0.2, 0.25) is 0 Å². The number of hydrogen-bond donors (Lipinski definition) is 2. The van der Waals surface area contributed by atoms with Crippen LogP contribution in [0.3, 0.4) is 0 Å². The average molecular weight is 242 g/mol. The third-order valence-electron chi connectivity index (χ3n) is 2.48. The van der Waals surface area contributed by atoms with Crippen molar-refractivity contribution in [1.82, 2.24) is 4.31 Å². The van der Waals surface area contributed by atoms with Gasteiger partial charge >= 0.3 is 10.3 Å². The van der Waals surface area contributed by atoms with E-state index in [9.17, 15) is 13.2 Å². The Morgan fingerprint density at radius 1 is 1.25 bits per heavy atom. The molecule has 1 saturated heterocycles. The summed E-state index contributed by atoms with van der Waals surface area (Å²) in [7, 11) is -4.54. The van der Waals surface area contributed by atoms with Gasteiger partial charge in [-0.3, -0.25) is 9.35 Å². The van der Waals surface area contributed by atoms with Crippen LogP contribution >= 0.6 is 0 Å². The Labute approximate surface area is 92.5 Å². The van der Waals surface area contributed by atoms with Crippen molar-refractivity contribution < 1.29 is 17.8 Å². The lowest BCUT2D eigenvalue weighted by molar-refractivity contribution is -0.141. The van der Waals surface area contributed by atoms with Crippen LogP contribution < -0.4 is 5.73 Å². The monoisotopic (exact) mass is 242 g/mol. The largest absolute Gasteiger partial charge is 0.362 e. The second-order valence-corrected chi connectivity index (χ2v) is 4.78. The van der Waals surface area contributed by atoms with Gasteiger partial charge in [0.05, 0.1) is 6.04 Å². The summed E-state index contributed by atoms with van der Waals surface area (Å²) in [6, 6.07) is 6.71. The van der Waals surface area contributed by atoms with Crippen LogP contribution in [0.1, 0.15) is 11.6 Å². The van der Waals surface area contributed by atoms with E-state index in [-0.39, 0.29) is 0 Å². The first-order chi connectivity index (χ1) is 7.43. The van der Waals surface area contributed by atoms with Gasteiger partial charge < -0.3 is 5.73 Å². The van der Waals surface area contributed by atoms with Gasteiger partial charge in [0.1, 0.15) is 6.04 Å².